The minimum Gasteiger partial charge on any atom is -0.490 e. The van der Waals surface area contributed by atoms with E-state index in [-0.39, 0.29) is 11.8 Å². The average molecular weight is 493 g/mol. The minimum atomic E-state index is -0.353. The van der Waals surface area contributed by atoms with Crippen LogP contribution in [0.3, 0.4) is 0 Å². The van der Waals surface area contributed by atoms with Gasteiger partial charge < -0.3 is 14.8 Å². The van der Waals surface area contributed by atoms with Crippen molar-refractivity contribution in [3.05, 3.63) is 33.4 Å². The van der Waals surface area contributed by atoms with Crippen LogP contribution in [0.5, 0.6) is 11.5 Å². The number of benzene rings is 1. The highest BCUT2D eigenvalue weighted by Crippen LogP contribution is 2.45. The van der Waals surface area contributed by atoms with Crippen LogP contribution in [0, 0.1) is 0 Å². The number of halogens is 1. The second kappa shape index (κ2) is 9.01. The molecular formula is C21H25BrN4O3S. The van der Waals surface area contributed by atoms with Gasteiger partial charge in [0.1, 0.15) is 6.04 Å². The first-order valence-corrected chi connectivity index (χ1v) is 12.1. The molecule has 0 saturated heterocycles. The van der Waals surface area contributed by atoms with Gasteiger partial charge in [-0.2, -0.15) is 4.98 Å². The van der Waals surface area contributed by atoms with Crippen LogP contribution in [0.25, 0.3) is 0 Å². The van der Waals surface area contributed by atoms with Crippen LogP contribution >= 0.6 is 27.7 Å². The van der Waals surface area contributed by atoms with E-state index < -0.39 is 0 Å². The Bertz CT molecular complexity index is 1000. The van der Waals surface area contributed by atoms with Crippen molar-refractivity contribution >= 4 is 39.4 Å². The maximum atomic E-state index is 13.0. The molecule has 7 nitrogen and oxygen atoms in total. The standard InChI is InChI=1S/C21H25BrN4O3S/c1-4-28-16-11-12(10-13(22)19(16)29-5-2)18-17-14(8-7-9-15(17)27)23-20-24-21(30-6-3)25-26(18)20/h10-11,18H,4-9H2,1-3H3,(H,23,24,25). The topological polar surface area (TPSA) is 78.3 Å². The molecule has 1 aliphatic heterocycles. The lowest BCUT2D eigenvalue weighted by Crippen LogP contribution is -2.31. The molecule has 2 aromatic rings. The number of carbonyl (C=O) groups is 1. The number of nitrogens with zero attached hydrogens (tertiary/aromatic N) is 3. The van der Waals surface area contributed by atoms with Gasteiger partial charge in [-0.1, -0.05) is 18.7 Å². The smallest absolute Gasteiger partial charge is 0.227 e. The first-order chi connectivity index (χ1) is 14.6. The Morgan fingerprint density at radius 1 is 1.23 bits per heavy atom. The fourth-order valence-electron chi connectivity index (χ4n) is 3.93. The quantitative estimate of drug-likeness (QED) is 0.546. The number of anilines is 1. The van der Waals surface area contributed by atoms with Gasteiger partial charge in [0.25, 0.3) is 0 Å². The molecule has 2 aliphatic rings. The van der Waals surface area contributed by atoms with Gasteiger partial charge in [0.15, 0.2) is 17.3 Å². The zero-order valence-corrected chi connectivity index (χ0v) is 19.7. The Balaban J connectivity index is 1.88. The Morgan fingerprint density at radius 3 is 2.77 bits per heavy atom. The molecule has 1 aromatic heterocycles. The summed E-state index contributed by atoms with van der Waals surface area (Å²) in [5.74, 6) is 3.03. The summed E-state index contributed by atoms with van der Waals surface area (Å²) in [6, 6.07) is 3.60. The molecule has 1 aromatic carbocycles. The summed E-state index contributed by atoms with van der Waals surface area (Å²) in [4.78, 5) is 17.6. The van der Waals surface area contributed by atoms with Gasteiger partial charge >= 0.3 is 0 Å². The third-order valence-electron chi connectivity index (χ3n) is 5.06. The number of Topliss-reactive ketones (excluding diaryl/α,β-unsaturated/α-hetero) is 1. The normalized spacial score (nSPS) is 18.0. The Hall–Kier alpha value is -2.00. The molecule has 9 heteroatoms. The van der Waals surface area contributed by atoms with Gasteiger partial charge in [-0.15, -0.1) is 5.10 Å². The van der Waals surface area contributed by atoms with Crippen LogP contribution in [0.2, 0.25) is 0 Å². The summed E-state index contributed by atoms with van der Waals surface area (Å²) in [5.41, 5.74) is 2.63. The first-order valence-electron chi connectivity index (χ1n) is 10.3. The van der Waals surface area contributed by atoms with Gasteiger partial charge in [-0.05, 0) is 66.1 Å². The number of allylic oxidation sites excluding steroid dienone is 2. The van der Waals surface area contributed by atoms with E-state index >= 15 is 0 Å². The van der Waals surface area contributed by atoms with Crippen molar-refractivity contribution in [2.24, 2.45) is 0 Å². The fourth-order valence-corrected chi connectivity index (χ4v) is 5.06. The van der Waals surface area contributed by atoms with E-state index in [2.05, 4.69) is 33.2 Å². The van der Waals surface area contributed by atoms with E-state index in [9.17, 15) is 4.79 Å². The average Bonchev–Trinajstić information content (AvgIpc) is 3.11. The van der Waals surface area contributed by atoms with Crippen molar-refractivity contribution in [2.75, 3.05) is 24.3 Å². The fraction of sp³-hybridized carbons (Fsp3) is 0.476. The molecule has 0 spiro atoms. The van der Waals surface area contributed by atoms with E-state index in [0.717, 1.165) is 39.9 Å². The zero-order valence-electron chi connectivity index (χ0n) is 17.3. The molecule has 160 valence electrons. The summed E-state index contributed by atoms with van der Waals surface area (Å²) >= 11 is 5.22. The summed E-state index contributed by atoms with van der Waals surface area (Å²) in [6.45, 7) is 7.00. The molecule has 0 radical (unpaired) electrons. The Labute approximate surface area is 188 Å². The second-order valence-corrected chi connectivity index (χ2v) is 9.07. The van der Waals surface area contributed by atoms with Crippen molar-refractivity contribution in [1.82, 2.24) is 14.8 Å². The molecule has 1 atom stereocenters. The predicted octanol–water partition coefficient (Wildman–Crippen LogP) is 4.97. The lowest BCUT2D eigenvalue weighted by Gasteiger charge is -2.32. The third kappa shape index (κ3) is 3.85. The van der Waals surface area contributed by atoms with Crippen LogP contribution in [0.4, 0.5) is 5.95 Å². The SMILES string of the molecule is CCOc1cc(C2C3=C(CCCC3=O)Nc3nc(SCC)nn32)cc(Br)c1OCC. The molecule has 2 heterocycles. The van der Waals surface area contributed by atoms with Gasteiger partial charge in [-0.25, -0.2) is 4.68 Å². The van der Waals surface area contributed by atoms with Gasteiger partial charge in [0.05, 0.1) is 17.7 Å². The number of hydrogen-bond donors (Lipinski definition) is 1. The highest BCUT2D eigenvalue weighted by molar-refractivity contribution is 9.10. The minimum absolute atomic E-state index is 0.155. The summed E-state index contributed by atoms with van der Waals surface area (Å²) in [7, 11) is 0. The number of hydrogen-bond acceptors (Lipinski definition) is 7. The molecule has 0 amide bonds. The summed E-state index contributed by atoms with van der Waals surface area (Å²) < 4.78 is 14.3. The van der Waals surface area contributed by atoms with Crippen LogP contribution < -0.4 is 14.8 Å². The maximum absolute atomic E-state index is 13.0. The molecule has 0 fully saturated rings. The Morgan fingerprint density at radius 2 is 2.03 bits per heavy atom. The lowest BCUT2D eigenvalue weighted by molar-refractivity contribution is -0.116. The highest BCUT2D eigenvalue weighted by Gasteiger charge is 2.37. The van der Waals surface area contributed by atoms with Crippen molar-refractivity contribution < 1.29 is 14.3 Å². The highest BCUT2D eigenvalue weighted by atomic mass is 79.9. The largest absolute Gasteiger partial charge is 0.490 e. The molecule has 1 N–H and O–H groups in total. The predicted molar refractivity (Wildman–Crippen MR) is 121 cm³/mol. The van der Waals surface area contributed by atoms with Crippen LogP contribution in [-0.2, 0) is 4.79 Å². The number of ketones is 1. The Kier molecular flexibility index (Phi) is 6.38. The van der Waals surface area contributed by atoms with E-state index in [4.69, 9.17) is 14.6 Å². The van der Waals surface area contributed by atoms with Crippen LogP contribution in [-0.4, -0.2) is 39.5 Å². The molecule has 1 unspecified atom stereocenters. The van der Waals surface area contributed by atoms with Gasteiger partial charge in [-0.3, -0.25) is 4.79 Å². The molecule has 0 saturated carbocycles. The van der Waals surface area contributed by atoms with E-state index in [1.54, 1.807) is 11.8 Å². The molecule has 1 aliphatic carbocycles. The maximum Gasteiger partial charge on any atom is 0.227 e. The van der Waals surface area contributed by atoms with Crippen molar-refractivity contribution in [2.45, 2.75) is 51.2 Å². The molecule has 0 bridgehead atoms. The molecular weight excluding hydrogens is 468 g/mol. The van der Waals surface area contributed by atoms with Crippen LogP contribution in [0.1, 0.15) is 51.6 Å². The number of ether oxygens (including phenoxy) is 2. The van der Waals surface area contributed by atoms with Crippen LogP contribution in [0.15, 0.2) is 33.0 Å². The van der Waals surface area contributed by atoms with E-state index in [1.165, 1.54) is 0 Å². The second-order valence-electron chi connectivity index (χ2n) is 6.99. The first kappa shape index (κ1) is 21.2. The monoisotopic (exact) mass is 492 g/mol. The van der Waals surface area contributed by atoms with E-state index in [1.807, 2.05) is 30.7 Å². The number of aromatic nitrogens is 3. The lowest BCUT2D eigenvalue weighted by atomic mass is 9.85. The number of nitrogens with one attached hydrogen (secondary N) is 1. The summed E-state index contributed by atoms with van der Waals surface area (Å²) in [5, 5.41) is 8.78. The molecule has 30 heavy (non-hydrogen) atoms. The number of fused-ring (bicyclic) bond motifs is 1. The van der Waals surface area contributed by atoms with Crippen molar-refractivity contribution in [3.63, 3.8) is 0 Å². The third-order valence-corrected chi connectivity index (χ3v) is 6.37. The number of carbonyl (C=O) groups excluding carboxylic acids is 1. The zero-order chi connectivity index (χ0) is 21.3. The van der Waals surface area contributed by atoms with E-state index in [0.29, 0.717) is 42.2 Å². The van der Waals surface area contributed by atoms with Crippen molar-refractivity contribution in [3.8, 4) is 11.5 Å². The summed E-state index contributed by atoms with van der Waals surface area (Å²) in [6.07, 6.45) is 2.23. The molecule has 4 rings (SSSR count). The van der Waals surface area contributed by atoms with Gasteiger partial charge in [0.2, 0.25) is 11.1 Å². The number of rotatable bonds is 7. The number of thioether (sulfide) groups is 1. The van der Waals surface area contributed by atoms with Crippen molar-refractivity contribution in [1.29, 1.82) is 0 Å². The van der Waals surface area contributed by atoms with Gasteiger partial charge in [0, 0.05) is 17.7 Å².